The smallest absolute Gasteiger partial charge is 0.0487 e. The molecule has 0 aromatic heterocycles. The summed E-state index contributed by atoms with van der Waals surface area (Å²) >= 11 is 0. The Hall–Kier alpha value is -2.02. The van der Waals surface area contributed by atoms with E-state index in [0.29, 0.717) is 0 Å². The standard InChI is InChI=1S/C17H19N/c1-13-9-5-7-11-15(3)18(16(13)4)17-12-8-6-10-14(17)2/h5-12H,3H2,1-2,4H3/b9-5-,11-7-,16-13-. The molecule has 1 aliphatic heterocycles. The monoisotopic (exact) mass is 237 g/mol. The van der Waals surface area contributed by atoms with Crippen molar-refractivity contribution in [3.8, 4) is 0 Å². The third-order valence-electron chi connectivity index (χ3n) is 3.30. The minimum Gasteiger partial charge on any atom is -0.315 e. The Bertz CT molecular complexity index is 559. The van der Waals surface area contributed by atoms with E-state index >= 15 is 0 Å². The first kappa shape index (κ1) is 12.4. The summed E-state index contributed by atoms with van der Waals surface area (Å²) < 4.78 is 0. The van der Waals surface area contributed by atoms with Crippen molar-refractivity contribution in [3.63, 3.8) is 0 Å². The highest BCUT2D eigenvalue weighted by molar-refractivity contribution is 5.65. The highest BCUT2D eigenvalue weighted by Crippen LogP contribution is 2.29. The minimum atomic E-state index is 0.991. The summed E-state index contributed by atoms with van der Waals surface area (Å²) in [6.45, 7) is 10.6. The predicted octanol–water partition coefficient (Wildman–Crippen LogP) is 4.74. The number of para-hydroxylation sites is 1. The lowest BCUT2D eigenvalue weighted by molar-refractivity contribution is 1.06. The second-order valence-corrected chi connectivity index (χ2v) is 4.60. The quantitative estimate of drug-likeness (QED) is 0.682. The Morgan fingerprint density at radius 3 is 2.33 bits per heavy atom. The fourth-order valence-electron chi connectivity index (χ4n) is 2.10. The zero-order valence-electron chi connectivity index (χ0n) is 11.3. The highest BCUT2D eigenvalue weighted by atomic mass is 15.2. The van der Waals surface area contributed by atoms with E-state index in [2.05, 4.69) is 68.7 Å². The van der Waals surface area contributed by atoms with Crippen molar-refractivity contribution in [1.82, 2.24) is 0 Å². The third-order valence-corrected chi connectivity index (χ3v) is 3.30. The van der Waals surface area contributed by atoms with Crippen LogP contribution in [-0.2, 0) is 0 Å². The van der Waals surface area contributed by atoms with Crippen LogP contribution in [0.3, 0.4) is 0 Å². The van der Waals surface area contributed by atoms with Gasteiger partial charge in [-0.05, 0) is 44.1 Å². The largest absolute Gasteiger partial charge is 0.315 e. The molecule has 0 atom stereocenters. The van der Waals surface area contributed by atoms with Crippen LogP contribution in [-0.4, -0.2) is 0 Å². The van der Waals surface area contributed by atoms with E-state index in [9.17, 15) is 0 Å². The highest BCUT2D eigenvalue weighted by Gasteiger charge is 2.14. The molecule has 0 aliphatic carbocycles. The average Bonchev–Trinajstić information content (AvgIpc) is 2.35. The number of hydrogen-bond acceptors (Lipinski definition) is 1. The van der Waals surface area contributed by atoms with Gasteiger partial charge < -0.3 is 4.90 Å². The van der Waals surface area contributed by atoms with Gasteiger partial charge in [0.05, 0.1) is 0 Å². The molecule has 1 aliphatic rings. The van der Waals surface area contributed by atoms with Crippen LogP contribution in [0.5, 0.6) is 0 Å². The van der Waals surface area contributed by atoms with Crippen LogP contribution in [0.15, 0.2) is 72.1 Å². The number of rotatable bonds is 1. The van der Waals surface area contributed by atoms with Gasteiger partial charge in [0.15, 0.2) is 0 Å². The molecule has 1 heteroatoms. The number of hydrogen-bond donors (Lipinski definition) is 0. The van der Waals surface area contributed by atoms with Gasteiger partial charge >= 0.3 is 0 Å². The molecule has 0 spiro atoms. The lowest BCUT2D eigenvalue weighted by Gasteiger charge is -2.29. The van der Waals surface area contributed by atoms with Crippen molar-refractivity contribution in [2.45, 2.75) is 20.8 Å². The second-order valence-electron chi connectivity index (χ2n) is 4.60. The first-order valence-corrected chi connectivity index (χ1v) is 6.18. The summed E-state index contributed by atoms with van der Waals surface area (Å²) in [5.41, 5.74) is 5.91. The lowest BCUT2D eigenvalue weighted by Crippen LogP contribution is -2.21. The molecule has 0 saturated carbocycles. The summed E-state index contributed by atoms with van der Waals surface area (Å²) in [5.74, 6) is 0. The number of nitrogens with zero attached hydrogens (tertiary/aromatic N) is 1. The zero-order chi connectivity index (χ0) is 13.1. The molecule has 18 heavy (non-hydrogen) atoms. The molecule has 0 unspecified atom stereocenters. The number of benzene rings is 1. The molecule has 2 rings (SSSR count). The molecule has 1 aromatic rings. The van der Waals surface area contributed by atoms with Crippen LogP contribution in [0.2, 0.25) is 0 Å². The molecule has 0 amide bonds. The van der Waals surface area contributed by atoms with E-state index in [0.717, 1.165) is 5.70 Å². The first-order valence-electron chi connectivity index (χ1n) is 6.18. The molecule has 1 heterocycles. The Balaban J connectivity index is 2.59. The fraction of sp³-hybridized carbons (Fsp3) is 0.176. The summed E-state index contributed by atoms with van der Waals surface area (Å²) in [4.78, 5) is 2.21. The van der Waals surface area contributed by atoms with Gasteiger partial charge in [-0.3, -0.25) is 0 Å². The fourth-order valence-corrected chi connectivity index (χ4v) is 2.10. The van der Waals surface area contributed by atoms with Gasteiger partial charge in [-0.15, -0.1) is 0 Å². The molecule has 1 aromatic carbocycles. The molecule has 92 valence electrons. The molecule has 0 radical (unpaired) electrons. The van der Waals surface area contributed by atoms with E-state index < -0.39 is 0 Å². The topological polar surface area (TPSA) is 3.24 Å². The van der Waals surface area contributed by atoms with Crippen molar-refractivity contribution in [2.24, 2.45) is 0 Å². The Labute approximate surface area is 109 Å². The van der Waals surface area contributed by atoms with E-state index in [-0.39, 0.29) is 0 Å². The van der Waals surface area contributed by atoms with Gasteiger partial charge in [0.25, 0.3) is 0 Å². The Kier molecular flexibility index (Phi) is 3.52. The molecule has 1 nitrogen and oxygen atoms in total. The number of aryl methyl sites for hydroxylation is 1. The maximum atomic E-state index is 4.17. The summed E-state index contributed by atoms with van der Waals surface area (Å²) in [5, 5.41) is 0. The van der Waals surface area contributed by atoms with E-state index in [1.807, 2.05) is 12.2 Å². The molecular formula is C17H19N. The average molecular weight is 237 g/mol. The van der Waals surface area contributed by atoms with Crippen molar-refractivity contribution in [1.29, 1.82) is 0 Å². The van der Waals surface area contributed by atoms with Crippen molar-refractivity contribution >= 4 is 5.69 Å². The van der Waals surface area contributed by atoms with E-state index in [1.165, 1.54) is 22.5 Å². The third kappa shape index (κ3) is 2.30. The molecule has 0 bridgehead atoms. The van der Waals surface area contributed by atoms with E-state index in [4.69, 9.17) is 0 Å². The molecule has 0 N–H and O–H groups in total. The van der Waals surface area contributed by atoms with Crippen LogP contribution in [0.4, 0.5) is 5.69 Å². The van der Waals surface area contributed by atoms with Crippen LogP contribution >= 0.6 is 0 Å². The number of anilines is 1. The SMILES string of the molecule is C=C1\C=C/C=C\C(C)=C(\C)N1c1ccccc1C. The number of allylic oxidation sites excluding steroid dienone is 6. The van der Waals surface area contributed by atoms with Crippen molar-refractivity contribution in [3.05, 3.63) is 77.7 Å². The summed E-state index contributed by atoms with van der Waals surface area (Å²) in [6, 6.07) is 8.39. The van der Waals surface area contributed by atoms with Crippen LogP contribution in [0, 0.1) is 6.92 Å². The normalized spacial score (nSPS) is 23.5. The predicted molar refractivity (Wildman–Crippen MR) is 79.5 cm³/mol. The van der Waals surface area contributed by atoms with Gasteiger partial charge in [0, 0.05) is 17.1 Å². The van der Waals surface area contributed by atoms with Crippen LogP contribution in [0.25, 0.3) is 0 Å². The van der Waals surface area contributed by atoms with E-state index in [1.54, 1.807) is 0 Å². The van der Waals surface area contributed by atoms with Gasteiger partial charge in [0.1, 0.15) is 0 Å². The van der Waals surface area contributed by atoms with Gasteiger partial charge in [-0.1, -0.05) is 43.0 Å². The van der Waals surface area contributed by atoms with Crippen molar-refractivity contribution in [2.75, 3.05) is 4.90 Å². The molecule has 0 fully saturated rings. The van der Waals surface area contributed by atoms with Crippen LogP contribution in [0.1, 0.15) is 19.4 Å². The lowest BCUT2D eigenvalue weighted by atomic mass is 10.1. The minimum absolute atomic E-state index is 0.991. The maximum Gasteiger partial charge on any atom is 0.0487 e. The van der Waals surface area contributed by atoms with Gasteiger partial charge in [-0.25, -0.2) is 0 Å². The van der Waals surface area contributed by atoms with Crippen molar-refractivity contribution < 1.29 is 0 Å². The summed E-state index contributed by atoms with van der Waals surface area (Å²) in [6.07, 6.45) is 8.26. The molecular weight excluding hydrogens is 218 g/mol. The second kappa shape index (κ2) is 5.09. The first-order chi connectivity index (χ1) is 8.61. The van der Waals surface area contributed by atoms with Crippen LogP contribution < -0.4 is 4.90 Å². The maximum absolute atomic E-state index is 4.17. The molecule has 0 saturated heterocycles. The zero-order valence-corrected chi connectivity index (χ0v) is 11.3. The Morgan fingerprint density at radius 2 is 1.61 bits per heavy atom. The van der Waals surface area contributed by atoms with Gasteiger partial charge in [0.2, 0.25) is 0 Å². The Morgan fingerprint density at radius 1 is 0.944 bits per heavy atom. The van der Waals surface area contributed by atoms with Gasteiger partial charge in [-0.2, -0.15) is 0 Å². The summed E-state index contributed by atoms with van der Waals surface area (Å²) in [7, 11) is 0.